The molecule has 0 radical (unpaired) electrons. The van der Waals surface area contributed by atoms with Gasteiger partial charge in [0.2, 0.25) is 5.91 Å². The van der Waals surface area contributed by atoms with Crippen molar-refractivity contribution in [3.63, 3.8) is 0 Å². The zero-order valence-corrected chi connectivity index (χ0v) is 15.4. The Morgan fingerprint density at radius 1 is 1.19 bits per heavy atom. The molecule has 1 saturated carbocycles. The first-order chi connectivity index (χ1) is 12.5. The van der Waals surface area contributed by atoms with Crippen molar-refractivity contribution >= 4 is 17.6 Å². The molecule has 2 amide bonds. The summed E-state index contributed by atoms with van der Waals surface area (Å²) < 4.78 is 1.54. The lowest BCUT2D eigenvalue weighted by Crippen LogP contribution is -2.25. The van der Waals surface area contributed by atoms with Crippen LogP contribution in [0.5, 0.6) is 0 Å². The summed E-state index contributed by atoms with van der Waals surface area (Å²) >= 11 is 0. The second-order valence-corrected chi connectivity index (χ2v) is 7.03. The highest BCUT2D eigenvalue weighted by Gasteiger charge is 2.22. The SMILES string of the molecule is Cc1cccc(CNC(=O)c2cc(NC(=O)C3CCCCC3)n(C)n2)c1. The Bertz CT molecular complexity index is 791. The molecule has 1 aliphatic carbocycles. The van der Waals surface area contributed by atoms with Crippen LogP contribution in [0.1, 0.15) is 53.7 Å². The Hall–Kier alpha value is -2.63. The van der Waals surface area contributed by atoms with E-state index in [1.807, 2.05) is 31.2 Å². The van der Waals surface area contributed by atoms with Gasteiger partial charge in [-0.1, -0.05) is 49.1 Å². The van der Waals surface area contributed by atoms with Gasteiger partial charge >= 0.3 is 0 Å². The fourth-order valence-corrected chi connectivity index (χ4v) is 3.38. The number of hydrogen-bond donors (Lipinski definition) is 2. The summed E-state index contributed by atoms with van der Waals surface area (Å²) in [5, 5.41) is 10.0. The molecule has 0 bridgehead atoms. The summed E-state index contributed by atoms with van der Waals surface area (Å²) in [6.07, 6.45) is 5.30. The summed E-state index contributed by atoms with van der Waals surface area (Å²) in [6, 6.07) is 9.63. The smallest absolute Gasteiger partial charge is 0.272 e. The average Bonchev–Trinajstić information content (AvgIpc) is 3.01. The van der Waals surface area contributed by atoms with Gasteiger partial charge in [0.15, 0.2) is 5.69 Å². The quantitative estimate of drug-likeness (QED) is 0.866. The van der Waals surface area contributed by atoms with Crippen molar-refractivity contribution in [1.29, 1.82) is 0 Å². The number of aromatic nitrogens is 2. The second-order valence-electron chi connectivity index (χ2n) is 7.03. The van der Waals surface area contributed by atoms with Crippen molar-refractivity contribution < 1.29 is 9.59 Å². The van der Waals surface area contributed by atoms with Crippen LogP contribution in [0.3, 0.4) is 0 Å². The molecule has 1 fully saturated rings. The maximum Gasteiger partial charge on any atom is 0.272 e. The lowest BCUT2D eigenvalue weighted by Gasteiger charge is -2.20. The molecule has 0 unspecified atom stereocenters. The van der Waals surface area contributed by atoms with Gasteiger partial charge in [0.25, 0.3) is 5.91 Å². The van der Waals surface area contributed by atoms with Gasteiger partial charge in [0.1, 0.15) is 5.82 Å². The molecule has 1 aromatic heterocycles. The first kappa shape index (κ1) is 18.2. The van der Waals surface area contributed by atoms with Crippen molar-refractivity contribution in [2.75, 3.05) is 5.32 Å². The molecular weight excluding hydrogens is 328 g/mol. The van der Waals surface area contributed by atoms with Gasteiger partial charge in [-0.3, -0.25) is 14.3 Å². The molecule has 0 aliphatic heterocycles. The number of benzene rings is 1. The molecule has 2 aromatic rings. The molecule has 0 saturated heterocycles. The minimum absolute atomic E-state index is 0.0272. The van der Waals surface area contributed by atoms with Gasteiger partial charge in [-0.05, 0) is 25.3 Å². The number of nitrogens with one attached hydrogen (secondary N) is 2. The molecule has 0 spiro atoms. The van der Waals surface area contributed by atoms with E-state index in [-0.39, 0.29) is 17.7 Å². The molecular formula is C20H26N4O2. The predicted molar refractivity (Wildman–Crippen MR) is 101 cm³/mol. The Morgan fingerprint density at radius 3 is 2.69 bits per heavy atom. The first-order valence-electron chi connectivity index (χ1n) is 9.21. The molecule has 1 aromatic carbocycles. The van der Waals surface area contributed by atoms with Crippen molar-refractivity contribution in [3.8, 4) is 0 Å². The van der Waals surface area contributed by atoms with Gasteiger partial charge in [0.05, 0.1) is 0 Å². The Labute approximate surface area is 154 Å². The molecule has 1 heterocycles. The summed E-state index contributed by atoms with van der Waals surface area (Å²) in [5.74, 6) is 0.401. The van der Waals surface area contributed by atoms with E-state index in [0.717, 1.165) is 36.8 Å². The number of carbonyl (C=O) groups excluding carboxylic acids is 2. The lowest BCUT2D eigenvalue weighted by atomic mass is 9.89. The summed E-state index contributed by atoms with van der Waals surface area (Å²) in [5.41, 5.74) is 2.50. The van der Waals surface area contributed by atoms with Gasteiger partial charge < -0.3 is 10.6 Å². The largest absolute Gasteiger partial charge is 0.347 e. The first-order valence-corrected chi connectivity index (χ1v) is 9.21. The van der Waals surface area contributed by atoms with Crippen molar-refractivity contribution in [1.82, 2.24) is 15.1 Å². The minimum atomic E-state index is -0.250. The van der Waals surface area contributed by atoms with Gasteiger partial charge in [0, 0.05) is 25.6 Å². The van der Waals surface area contributed by atoms with E-state index in [4.69, 9.17) is 0 Å². The summed E-state index contributed by atoms with van der Waals surface area (Å²) in [4.78, 5) is 24.7. The van der Waals surface area contributed by atoms with Crippen LogP contribution < -0.4 is 10.6 Å². The third-order valence-corrected chi connectivity index (χ3v) is 4.88. The van der Waals surface area contributed by atoms with Gasteiger partial charge in [-0.15, -0.1) is 0 Å². The van der Waals surface area contributed by atoms with Crippen LogP contribution >= 0.6 is 0 Å². The standard InChI is InChI=1S/C20H26N4O2/c1-14-7-6-8-15(11-14)13-21-20(26)17-12-18(24(2)23-17)22-19(25)16-9-4-3-5-10-16/h6-8,11-12,16H,3-5,9-10,13H2,1-2H3,(H,21,26)(H,22,25). The average molecular weight is 354 g/mol. The number of aryl methyl sites for hydroxylation is 2. The van der Waals surface area contributed by atoms with Crippen LogP contribution in [-0.4, -0.2) is 21.6 Å². The monoisotopic (exact) mass is 354 g/mol. The normalized spacial score (nSPS) is 14.8. The highest BCUT2D eigenvalue weighted by atomic mass is 16.2. The van der Waals surface area contributed by atoms with E-state index in [9.17, 15) is 9.59 Å². The maximum atomic E-state index is 12.4. The molecule has 6 heteroatoms. The third-order valence-electron chi connectivity index (χ3n) is 4.88. The fourth-order valence-electron chi connectivity index (χ4n) is 3.38. The lowest BCUT2D eigenvalue weighted by molar-refractivity contribution is -0.120. The number of carbonyl (C=O) groups is 2. The topological polar surface area (TPSA) is 76.0 Å². The highest BCUT2D eigenvalue weighted by molar-refractivity contribution is 5.96. The zero-order valence-electron chi connectivity index (χ0n) is 15.4. The van der Waals surface area contributed by atoms with Crippen LogP contribution in [0.25, 0.3) is 0 Å². The number of amides is 2. The number of anilines is 1. The zero-order chi connectivity index (χ0) is 18.5. The van der Waals surface area contributed by atoms with E-state index in [1.54, 1.807) is 17.8 Å². The van der Waals surface area contributed by atoms with Crippen LogP contribution in [0.4, 0.5) is 5.82 Å². The second kappa shape index (κ2) is 8.17. The molecule has 3 rings (SSSR count). The highest BCUT2D eigenvalue weighted by Crippen LogP contribution is 2.25. The molecule has 6 nitrogen and oxygen atoms in total. The maximum absolute atomic E-state index is 12.4. The molecule has 0 atom stereocenters. The number of rotatable bonds is 5. The van der Waals surface area contributed by atoms with E-state index < -0.39 is 0 Å². The van der Waals surface area contributed by atoms with E-state index in [1.165, 1.54) is 6.42 Å². The third kappa shape index (κ3) is 4.50. The minimum Gasteiger partial charge on any atom is -0.347 e. The molecule has 138 valence electrons. The number of nitrogens with zero attached hydrogens (tertiary/aromatic N) is 2. The van der Waals surface area contributed by atoms with Crippen molar-refractivity contribution in [2.45, 2.75) is 45.6 Å². The van der Waals surface area contributed by atoms with Gasteiger partial charge in [-0.25, -0.2) is 0 Å². The van der Waals surface area contributed by atoms with E-state index in [2.05, 4.69) is 15.7 Å². The fraction of sp³-hybridized carbons (Fsp3) is 0.450. The molecule has 26 heavy (non-hydrogen) atoms. The Kier molecular flexibility index (Phi) is 5.71. The predicted octanol–water partition coefficient (Wildman–Crippen LogP) is 3.18. The Balaban J connectivity index is 1.59. The summed E-state index contributed by atoms with van der Waals surface area (Å²) in [7, 11) is 1.73. The van der Waals surface area contributed by atoms with Crippen LogP contribution in [0.15, 0.2) is 30.3 Å². The van der Waals surface area contributed by atoms with E-state index in [0.29, 0.717) is 18.1 Å². The summed E-state index contributed by atoms with van der Waals surface area (Å²) in [6.45, 7) is 2.46. The van der Waals surface area contributed by atoms with Gasteiger partial charge in [-0.2, -0.15) is 5.10 Å². The number of hydrogen-bond acceptors (Lipinski definition) is 3. The molecule has 1 aliphatic rings. The van der Waals surface area contributed by atoms with Crippen molar-refractivity contribution in [2.24, 2.45) is 13.0 Å². The van der Waals surface area contributed by atoms with Crippen molar-refractivity contribution in [3.05, 3.63) is 47.2 Å². The molecule has 2 N–H and O–H groups in total. The van der Waals surface area contributed by atoms with E-state index >= 15 is 0 Å². The Morgan fingerprint density at radius 2 is 1.96 bits per heavy atom. The van der Waals surface area contributed by atoms with Crippen LogP contribution in [0, 0.1) is 12.8 Å². The van der Waals surface area contributed by atoms with Crippen LogP contribution in [0.2, 0.25) is 0 Å². The van der Waals surface area contributed by atoms with Crippen LogP contribution in [-0.2, 0) is 18.4 Å².